The number of anilines is 6. The maximum Gasteiger partial charge on any atom is 0.0502 e. The van der Waals surface area contributed by atoms with Crippen molar-refractivity contribution in [1.82, 2.24) is 0 Å². The Labute approximate surface area is 264 Å². The molecule has 0 N–H and O–H groups in total. The summed E-state index contributed by atoms with van der Waals surface area (Å²) in [6.07, 6.45) is 6.29. The minimum absolute atomic E-state index is 0.0775. The second-order valence-electron chi connectivity index (χ2n) is 13.7. The van der Waals surface area contributed by atoms with Crippen LogP contribution in [0.2, 0.25) is 0 Å². The highest BCUT2D eigenvalue weighted by Crippen LogP contribution is 2.54. The van der Waals surface area contributed by atoms with Crippen LogP contribution in [0, 0.1) is 0 Å². The van der Waals surface area contributed by atoms with E-state index in [0.29, 0.717) is 0 Å². The molecular formula is C42H44N2. The Morgan fingerprint density at radius 3 is 1.45 bits per heavy atom. The number of para-hydroxylation sites is 3. The molecule has 0 aliphatic carbocycles. The maximum atomic E-state index is 2.49. The second kappa shape index (κ2) is 11.0. The highest BCUT2D eigenvalue weighted by Gasteiger charge is 2.38. The molecule has 0 radical (unpaired) electrons. The minimum atomic E-state index is -0.0875. The zero-order chi connectivity index (χ0) is 30.5. The Morgan fingerprint density at radius 2 is 0.932 bits per heavy atom. The number of hydrogen-bond acceptors (Lipinski definition) is 2. The molecule has 0 atom stereocenters. The van der Waals surface area contributed by atoms with Gasteiger partial charge in [-0.05, 0) is 83.1 Å². The van der Waals surface area contributed by atoms with E-state index in [1.54, 1.807) is 0 Å². The summed E-state index contributed by atoms with van der Waals surface area (Å²) in [4.78, 5) is 4.95. The van der Waals surface area contributed by atoms with Crippen LogP contribution in [0.5, 0.6) is 0 Å². The van der Waals surface area contributed by atoms with Gasteiger partial charge in [-0.2, -0.15) is 0 Å². The molecule has 2 nitrogen and oxygen atoms in total. The van der Waals surface area contributed by atoms with Crippen LogP contribution in [0.4, 0.5) is 34.1 Å². The van der Waals surface area contributed by atoms with Crippen LogP contribution in [0.3, 0.4) is 0 Å². The van der Waals surface area contributed by atoms with E-state index in [0.717, 1.165) is 6.42 Å². The number of nitrogens with zero attached hydrogens (tertiary/aromatic N) is 2. The summed E-state index contributed by atoms with van der Waals surface area (Å²) in [6.45, 7) is 11.8. The van der Waals surface area contributed by atoms with Gasteiger partial charge in [-0.3, -0.25) is 0 Å². The van der Waals surface area contributed by atoms with E-state index in [-0.39, 0.29) is 10.8 Å². The number of hydrogen-bond donors (Lipinski definition) is 0. The van der Waals surface area contributed by atoms with Crippen molar-refractivity contribution in [2.24, 2.45) is 0 Å². The fraction of sp³-hybridized carbons (Fsp3) is 0.286. The molecule has 0 saturated carbocycles. The highest BCUT2D eigenvalue weighted by molar-refractivity contribution is 5.90. The van der Waals surface area contributed by atoms with Gasteiger partial charge in [0.25, 0.3) is 0 Å². The first-order valence-corrected chi connectivity index (χ1v) is 16.4. The smallest absolute Gasteiger partial charge is 0.0502 e. The van der Waals surface area contributed by atoms with Crippen LogP contribution in [0.15, 0.2) is 115 Å². The highest BCUT2D eigenvalue weighted by atomic mass is 15.2. The van der Waals surface area contributed by atoms with Crippen molar-refractivity contribution in [2.75, 3.05) is 9.80 Å². The SMILES string of the molecule is CCCCCCc1ccc2c(c1)C(C)(C)c1ccccc1N2c1cccc(N2c3ccccc3C(C)(C)c3ccccc32)c1. The maximum absolute atomic E-state index is 2.49. The van der Waals surface area contributed by atoms with E-state index < -0.39 is 0 Å². The van der Waals surface area contributed by atoms with Crippen molar-refractivity contribution >= 4 is 34.1 Å². The molecule has 222 valence electrons. The predicted molar refractivity (Wildman–Crippen MR) is 188 cm³/mol. The first kappa shape index (κ1) is 28.5. The molecular weight excluding hydrogens is 532 g/mol. The Balaban J connectivity index is 1.37. The van der Waals surface area contributed by atoms with Crippen LogP contribution < -0.4 is 9.80 Å². The molecule has 0 amide bonds. The zero-order valence-corrected chi connectivity index (χ0v) is 26.9. The molecule has 5 aromatic carbocycles. The van der Waals surface area contributed by atoms with E-state index >= 15 is 0 Å². The molecule has 7 rings (SSSR count). The van der Waals surface area contributed by atoms with Gasteiger partial charge in [-0.15, -0.1) is 0 Å². The topological polar surface area (TPSA) is 6.48 Å². The zero-order valence-electron chi connectivity index (χ0n) is 26.9. The van der Waals surface area contributed by atoms with Gasteiger partial charge in [0.2, 0.25) is 0 Å². The lowest BCUT2D eigenvalue weighted by Crippen LogP contribution is -2.31. The summed E-state index contributed by atoms with van der Waals surface area (Å²) in [5.74, 6) is 0. The molecule has 0 fully saturated rings. The fourth-order valence-corrected chi connectivity index (χ4v) is 7.66. The molecule has 5 aromatic rings. The lowest BCUT2D eigenvalue weighted by Gasteiger charge is -2.43. The van der Waals surface area contributed by atoms with Crippen LogP contribution in [0.25, 0.3) is 0 Å². The summed E-state index contributed by atoms with van der Waals surface area (Å²) < 4.78 is 0. The van der Waals surface area contributed by atoms with E-state index in [2.05, 4.69) is 160 Å². The van der Waals surface area contributed by atoms with Crippen molar-refractivity contribution in [2.45, 2.75) is 77.6 Å². The minimum Gasteiger partial charge on any atom is -0.310 e. The molecule has 0 bridgehead atoms. The normalized spacial score (nSPS) is 15.7. The summed E-state index contributed by atoms with van der Waals surface area (Å²) in [7, 11) is 0. The molecule has 2 heterocycles. The van der Waals surface area contributed by atoms with Gasteiger partial charge >= 0.3 is 0 Å². The number of aryl methyl sites for hydroxylation is 1. The van der Waals surface area contributed by atoms with Gasteiger partial charge in [-0.25, -0.2) is 0 Å². The van der Waals surface area contributed by atoms with Crippen molar-refractivity contribution in [3.63, 3.8) is 0 Å². The molecule has 0 unspecified atom stereocenters. The lowest BCUT2D eigenvalue weighted by molar-refractivity contribution is 0.628. The Kier molecular flexibility index (Phi) is 7.12. The van der Waals surface area contributed by atoms with Gasteiger partial charge in [0.05, 0.1) is 22.7 Å². The number of benzene rings is 5. The quantitative estimate of drug-likeness (QED) is 0.178. The van der Waals surface area contributed by atoms with E-state index in [1.807, 2.05) is 0 Å². The van der Waals surface area contributed by atoms with Gasteiger partial charge in [0.1, 0.15) is 0 Å². The Hall–Kier alpha value is -4.30. The average molecular weight is 577 g/mol. The van der Waals surface area contributed by atoms with Crippen LogP contribution in [0.1, 0.15) is 88.1 Å². The first-order chi connectivity index (χ1) is 21.3. The third kappa shape index (κ3) is 4.54. The Bertz CT molecular complexity index is 1780. The van der Waals surface area contributed by atoms with Crippen molar-refractivity contribution < 1.29 is 0 Å². The number of rotatable bonds is 7. The van der Waals surface area contributed by atoms with Gasteiger partial charge in [0.15, 0.2) is 0 Å². The summed E-state index contributed by atoms with van der Waals surface area (Å²) >= 11 is 0. The summed E-state index contributed by atoms with van der Waals surface area (Å²) in [5, 5.41) is 0. The lowest BCUT2D eigenvalue weighted by atomic mass is 9.73. The number of unbranched alkanes of at least 4 members (excludes halogenated alkanes) is 3. The molecule has 0 aromatic heterocycles. The van der Waals surface area contributed by atoms with E-state index in [4.69, 9.17) is 0 Å². The second-order valence-corrected chi connectivity index (χ2v) is 13.7. The van der Waals surface area contributed by atoms with E-state index in [9.17, 15) is 0 Å². The Morgan fingerprint density at radius 1 is 0.455 bits per heavy atom. The van der Waals surface area contributed by atoms with Crippen molar-refractivity contribution in [3.8, 4) is 0 Å². The molecule has 2 heteroatoms. The fourth-order valence-electron chi connectivity index (χ4n) is 7.66. The molecule has 44 heavy (non-hydrogen) atoms. The molecule has 2 aliphatic rings. The standard InChI is InChI=1S/C42H44N2/c1-6-7-8-9-17-30-26-27-40-36(28-30)42(4,5)35-22-12-15-25-39(35)44(40)32-19-16-18-31(29-32)43-37-23-13-10-20-33(37)41(2,3)34-21-11-14-24-38(34)43/h10-16,18-29H,6-9,17H2,1-5H3. The molecule has 0 saturated heterocycles. The average Bonchev–Trinajstić information content (AvgIpc) is 3.04. The summed E-state index contributed by atoms with van der Waals surface area (Å²) in [5.41, 5.74) is 14.2. The van der Waals surface area contributed by atoms with Gasteiger partial charge in [0, 0.05) is 22.2 Å². The van der Waals surface area contributed by atoms with Crippen molar-refractivity contribution in [3.05, 3.63) is 143 Å². The third-order valence-corrected chi connectivity index (χ3v) is 10.1. The largest absolute Gasteiger partial charge is 0.310 e. The molecule has 0 spiro atoms. The molecule has 2 aliphatic heterocycles. The van der Waals surface area contributed by atoms with Crippen LogP contribution in [-0.4, -0.2) is 0 Å². The van der Waals surface area contributed by atoms with Crippen LogP contribution >= 0.6 is 0 Å². The monoisotopic (exact) mass is 576 g/mol. The first-order valence-electron chi connectivity index (χ1n) is 16.4. The van der Waals surface area contributed by atoms with Gasteiger partial charge in [-0.1, -0.05) is 127 Å². The van der Waals surface area contributed by atoms with Crippen molar-refractivity contribution in [1.29, 1.82) is 0 Å². The third-order valence-electron chi connectivity index (χ3n) is 10.1. The van der Waals surface area contributed by atoms with Gasteiger partial charge < -0.3 is 9.80 Å². The number of fused-ring (bicyclic) bond motifs is 4. The predicted octanol–water partition coefficient (Wildman–Crippen LogP) is 12.0. The van der Waals surface area contributed by atoms with E-state index in [1.165, 1.54) is 87.6 Å². The summed E-state index contributed by atoms with van der Waals surface area (Å²) in [6, 6.07) is 43.2. The van der Waals surface area contributed by atoms with Crippen LogP contribution in [-0.2, 0) is 17.3 Å².